The van der Waals surface area contributed by atoms with E-state index in [1.807, 2.05) is 0 Å². The van der Waals surface area contributed by atoms with Crippen molar-refractivity contribution in [1.29, 1.82) is 0 Å². The lowest BCUT2D eigenvalue weighted by Crippen LogP contribution is -2.04. The number of hydrogen-bond acceptors (Lipinski definition) is 6. The minimum absolute atomic E-state index is 0.246. The maximum Gasteiger partial charge on any atom is 0.348 e. The molecule has 0 saturated carbocycles. The number of anilines is 2. The van der Waals surface area contributed by atoms with Crippen LogP contribution in [-0.4, -0.2) is 22.5 Å². The molecule has 2 aromatic heterocycles. The van der Waals surface area contributed by atoms with Crippen molar-refractivity contribution in [1.82, 2.24) is 9.97 Å². The summed E-state index contributed by atoms with van der Waals surface area (Å²) in [6.45, 7) is 5.37. The van der Waals surface area contributed by atoms with Gasteiger partial charge in [-0.1, -0.05) is 6.07 Å². The molecule has 130 valence electrons. The molecule has 25 heavy (non-hydrogen) atoms. The number of ether oxygens (including phenoxy) is 1. The van der Waals surface area contributed by atoms with Crippen LogP contribution in [0.25, 0.3) is 10.2 Å². The van der Waals surface area contributed by atoms with E-state index in [0.29, 0.717) is 26.5 Å². The van der Waals surface area contributed by atoms with Crippen molar-refractivity contribution < 1.29 is 18.3 Å². The standard InChI is InChI=1S/C17H15F2N3O2S/c1-4-24-17(23)14-8(2)12-15(20-9(3)21-16(12)25-14)22-13-10(18)6-5-7-11(13)19/h5-7H,4H2,1-3H3,(H,20,21,22). The van der Waals surface area contributed by atoms with Gasteiger partial charge in [0, 0.05) is 0 Å². The van der Waals surface area contributed by atoms with Gasteiger partial charge in [-0.05, 0) is 38.5 Å². The summed E-state index contributed by atoms with van der Waals surface area (Å²) in [5, 5.41) is 3.25. The van der Waals surface area contributed by atoms with Crippen LogP contribution in [0, 0.1) is 25.5 Å². The molecule has 0 aliphatic heterocycles. The van der Waals surface area contributed by atoms with E-state index in [1.165, 1.54) is 17.4 Å². The topological polar surface area (TPSA) is 64.1 Å². The Morgan fingerprint density at radius 2 is 1.92 bits per heavy atom. The molecule has 0 atom stereocenters. The Labute approximate surface area is 146 Å². The monoisotopic (exact) mass is 363 g/mol. The molecule has 0 radical (unpaired) electrons. The van der Waals surface area contributed by atoms with Crippen LogP contribution in [0.2, 0.25) is 0 Å². The lowest BCUT2D eigenvalue weighted by Gasteiger charge is -2.10. The minimum Gasteiger partial charge on any atom is -0.462 e. The van der Waals surface area contributed by atoms with Crippen LogP contribution >= 0.6 is 11.3 Å². The fraction of sp³-hybridized carbons (Fsp3) is 0.235. The van der Waals surface area contributed by atoms with E-state index in [-0.39, 0.29) is 18.1 Å². The van der Waals surface area contributed by atoms with Crippen LogP contribution in [0.1, 0.15) is 28.0 Å². The van der Waals surface area contributed by atoms with Gasteiger partial charge in [0.1, 0.15) is 38.7 Å². The van der Waals surface area contributed by atoms with Crippen molar-refractivity contribution in [2.24, 2.45) is 0 Å². The molecule has 0 spiro atoms. The molecule has 1 N–H and O–H groups in total. The molecule has 5 nitrogen and oxygen atoms in total. The van der Waals surface area contributed by atoms with Gasteiger partial charge < -0.3 is 10.1 Å². The zero-order valence-electron chi connectivity index (χ0n) is 13.8. The number of carbonyl (C=O) groups is 1. The first-order valence-electron chi connectivity index (χ1n) is 7.58. The van der Waals surface area contributed by atoms with E-state index in [9.17, 15) is 13.6 Å². The van der Waals surface area contributed by atoms with E-state index < -0.39 is 17.6 Å². The van der Waals surface area contributed by atoms with Crippen LogP contribution in [0.15, 0.2) is 18.2 Å². The highest BCUT2D eigenvalue weighted by atomic mass is 32.1. The summed E-state index contributed by atoms with van der Waals surface area (Å²) >= 11 is 1.17. The number of esters is 1. The summed E-state index contributed by atoms with van der Waals surface area (Å²) in [6.07, 6.45) is 0. The van der Waals surface area contributed by atoms with Crippen molar-refractivity contribution in [2.45, 2.75) is 20.8 Å². The average molecular weight is 363 g/mol. The smallest absolute Gasteiger partial charge is 0.348 e. The number of thiophene rings is 1. The lowest BCUT2D eigenvalue weighted by molar-refractivity contribution is 0.0531. The van der Waals surface area contributed by atoms with Gasteiger partial charge in [0.15, 0.2) is 0 Å². The fourth-order valence-corrected chi connectivity index (χ4v) is 3.58. The Morgan fingerprint density at radius 3 is 2.56 bits per heavy atom. The van der Waals surface area contributed by atoms with Crippen LogP contribution < -0.4 is 5.32 Å². The first-order valence-corrected chi connectivity index (χ1v) is 8.40. The number of fused-ring (bicyclic) bond motifs is 1. The Balaban J connectivity index is 2.16. The zero-order valence-corrected chi connectivity index (χ0v) is 14.6. The van der Waals surface area contributed by atoms with Crippen molar-refractivity contribution in [3.8, 4) is 0 Å². The number of nitrogens with zero attached hydrogens (tertiary/aromatic N) is 2. The SMILES string of the molecule is CCOC(=O)c1sc2nc(C)nc(Nc3c(F)cccc3F)c2c1C. The van der Waals surface area contributed by atoms with Gasteiger partial charge in [-0.2, -0.15) is 0 Å². The second-order valence-electron chi connectivity index (χ2n) is 5.30. The Bertz CT molecular complexity index is 952. The molecule has 1 aromatic carbocycles. The van der Waals surface area contributed by atoms with Gasteiger partial charge in [-0.25, -0.2) is 23.5 Å². The van der Waals surface area contributed by atoms with Crippen LogP contribution in [0.4, 0.5) is 20.3 Å². The van der Waals surface area contributed by atoms with E-state index >= 15 is 0 Å². The number of rotatable bonds is 4. The van der Waals surface area contributed by atoms with E-state index in [4.69, 9.17) is 4.74 Å². The molecule has 0 saturated heterocycles. The van der Waals surface area contributed by atoms with Gasteiger partial charge in [-0.15, -0.1) is 11.3 Å². The summed E-state index contributed by atoms with van der Waals surface area (Å²) in [4.78, 5) is 21.6. The first kappa shape index (κ1) is 17.2. The molecule has 8 heteroatoms. The summed E-state index contributed by atoms with van der Waals surface area (Å²) in [5.74, 6) is -1.26. The Hall–Kier alpha value is -2.61. The van der Waals surface area contributed by atoms with Gasteiger partial charge in [0.05, 0.1) is 12.0 Å². The minimum atomic E-state index is -0.733. The highest BCUT2D eigenvalue weighted by Gasteiger charge is 2.22. The number of halogens is 2. The summed E-state index contributed by atoms with van der Waals surface area (Å²) in [5.41, 5.74) is 0.308. The molecule has 0 aliphatic rings. The molecule has 0 aliphatic carbocycles. The molecule has 2 heterocycles. The molecule has 0 unspecified atom stereocenters. The highest BCUT2D eigenvalue weighted by molar-refractivity contribution is 7.20. The molecule has 0 amide bonds. The number of aromatic nitrogens is 2. The number of aryl methyl sites for hydroxylation is 2. The zero-order chi connectivity index (χ0) is 18.1. The molecular weight excluding hydrogens is 348 g/mol. The second-order valence-corrected chi connectivity index (χ2v) is 6.30. The normalized spacial score (nSPS) is 10.9. The molecule has 0 fully saturated rings. The molecular formula is C17H15F2N3O2S. The van der Waals surface area contributed by atoms with Crippen molar-refractivity contribution in [2.75, 3.05) is 11.9 Å². The highest BCUT2D eigenvalue weighted by Crippen LogP contribution is 2.36. The average Bonchev–Trinajstić information content (AvgIpc) is 2.88. The first-order chi connectivity index (χ1) is 11.9. The van der Waals surface area contributed by atoms with Gasteiger partial charge >= 0.3 is 5.97 Å². The molecule has 3 rings (SSSR count). The van der Waals surface area contributed by atoms with Crippen molar-refractivity contribution >= 4 is 39.0 Å². The predicted molar refractivity (Wildman–Crippen MR) is 92.5 cm³/mol. The summed E-state index contributed by atoms with van der Waals surface area (Å²) < 4.78 is 33.0. The number of benzene rings is 1. The largest absolute Gasteiger partial charge is 0.462 e. The van der Waals surface area contributed by atoms with Crippen LogP contribution in [-0.2, 0) is 4.74 Å². The third-order valence-corrected chi connectivity index (χ3v) is 4.73. The number of hydrogen-bond donors (Lipinski definition) is 1. The predicted octanol–water partition coefficient (Wildman–Crippen LogP) is 4.51. The van der Waals surface area contributed by atoms with E-state index in [2.05, 4.69) is 15.3 Å². The van der Waals surface area contributed by atoms with E-state index in [0.717, 1.165) is 12.1 Å². The summed E-state index contributed by atoms with van der Waals surface area (Å²) in [6, 6.07) is 3.59. The van der Waals surface area contributed by atoms with E-state index in [1.54, 1.807) is 20.8 Å². The number of nitrogens with one attached hydrogen (secondary N) is 1. The molecule has 3 aromatic rings. The maximum absolute atomic E-state index is 14.0. The van der Waals surface area contributed by atoms with Crippen LogP contribution in [0.3, 0.4) is 0 Å². The third kappa shape index (κ3) is 3.17. The number of para-hydroxylation sites is 1. The van der Waals surface area contributed by atoms with Gasteiger partial charge in [0.25, 0.3) is 0 Å². The third-order valence-electron chi connectivity index (χ3n) is 3.57. The number of carbonyl (C=O) groups excluding carboxylic acids is 1. The Kier molecular flexibility index (Phi) is 4.63. The van der Waals surface area contributed by atoms with Gasteiger partial charge in [0.2, 0.25) is 0 Å². The quantitative estimate of drug-likeness (QED) is 0.691. The van der Waals surface area contributed by atoms with Crippen molar-refractivity contribution in [3.63, 3.8) is 0 Å². The van der Waals surface area contributed by atoms with Crippen molar-refractivity contribution in [3.05, 3.63) is 46.1 Å². The Morgan fingerprint density at radius 1 is 1.24 bits per heavy atom. The fourth-order valence-electron chi connectivity index (χ4n) is 2.46. The van der Waals surface area contributed by atoms with Gasteiger partial charge in [-0.3, -0.25) is 0 Å². The summed E-state index contributed by atoms with van der Waals surface area (Å²) in [7, 11) is 0. The van der Waals surface area contributed by atoms with Crippen LogP contribution in [0.5, 0.6) is 0 Å². The second kappa shape index (κ2) is 6.72. The maximum atomic E-state index is 14.0. The molecule has 0 bridgehead atoms. The lowest BCUT2D eigenvalue weighted by atomic mass is 10.2.